The van der Waals surface area contributed by atoms with Crippen LogP contribution < -0.4 is 10.6 Å². The fraction of sp³-hybridized carbons (Fsp3) is 0.533. The van der Waals surface area contributed by atoms with Gasteiger partial charge in [-0.1, -0.05) is 19.1 Å². The predicted molar refractivity (Wildman–Crippen MR) is 81.8 cm³/mol. The molecule has 19 heavy (non-hydrogen) atoms. The van der Waals surface area contributed by atoms with Crippen molar-refractivity contribution in [1.29, 1.82) is 0 Å². The molecule has 0 saturated heterocycles. The number of carbonyl (C=O) groups excluding carboxylic acids is 1. The maximum Gasteiger partial charge on any atom is 0.251 e. The van der Waals surface area contributed by atoms with E-state index in [-0.39, 0.29) is 11.9 Å². The summed E-state index contributed by atoms with van der Waals surface area (Å²) in [6.07, 6.45) is 0.941. The van der Waals surface area contributed by atoms with E-state index in [1.807, 2.05) is 23.9 Å². The van der Waals surface area contributed by atoms with Crippen molar-refractivity contribution in [3.63, 3.8) is 0 Å². The van der Waals surface area contributed by atoms with Gasteiger partial charge in [-0.3, -0.25) is 4.79 Å². The zero-order valence-electron chi connectivity index (χ0n) is 11.7. The third-order valence-electron chi connectivity index (χ3n) is 3.33. The summed E-state index contributed by atoms with van der Waals surface area (Å²) in [5, 5.41) is 6.44. The molecule has 0 spiro atoms. The molecule has 0 radical (unpaired) electrons. The second kappa shape index (κ2) is 6.96. The lowest BCUT2D eigenvalue weighted by Crippen LogP contribution is -2.36. The van der Waals surface area contributed by atoms with Crippen LogP contribution in [0, 0.1) is 0 Å². The van der Waals surface area contributed by atoms with Gasteiger partial charge in [0.05, 0.1) is 0 Å². The Kier molecular flexibility index (Phi) is 5.28. The van der Waals surface area contributed by atoms with E-state index in [9.17, 15) is 4.79 Å². The molecule has 0 bridgehead atoms. The summed E-state index contributed by atoms with van der Waals surface area (Å²) >= 11 is 1.86. The van der Waals surface area contributed by atoms with Crippen LogP contribution in [0.2, 0.25) is 0 Å². The Balaban J connectivity index is 2.07. The summed E-state index contributed by atoms with van der Waals surface area (Å²) in [6, 6.07) is 6.25. The van der Waals surface area contributed by atoms with Crippen molar-refractivity contribution in [2.45, 2.75) is 32.9 Å². The van der Waals surface area contributed by atoms with E-state index < -0.39 is 0 Å². The molecule has 104 valence electrons. The largest absolute Gasteiger partial charge is 0.349 e. The zero-order chi connectivity index (χ0) is 13.7. The van der Waals surface area contributed by atoms with Gasteiger partial charge in [-0.2, -0.15) is 11.8 Å². The molecule has 0 aliphatic carbocycles. The maximum atomic E-state index is 12.3. The van der Waals surface area contributed by atoms with Crippen molar-refractivity contribution in [3.8, 4) is 0 Å². The molecule has 0 aromatic heterocycles. The molecule has 3 nitrogen and oxygen atoms in total. The van der Waals surface area contributed by atoms with Gasteiger partial charge < -0.3 is 10.6 Å². The van der Waals surface area contributed by atoms with Crippen LogP contribution in [0.25, 0.3) is 0 Å². The van der Waals surface area contributed by atoms with Crippen molar-refractivity contribution in [2.24, 2.45) is 0 Å². The molecule has 4 heteroatoms. The van der Waals surface area contributed by atoms with Gasteiger partial charge in [0, 0.05) is 23.9 Å². The molecule has 2 rings (SSSR count). The first-order valence-corrected chi connectivity index (χ1v) is 8.08. The van der Waals surface area contributed by atoms with E-state index in [0.29, 0.717) is 0 Å². The minimum atomic E-state index is 0.0722. The van der Waals surface area contributed by atoms with Gasteiger partial charge in [0.1, 0.15) is 0 Å². The Morgan fingerprint density at radius 3 is 3.16 bits per heavy atom. The van der Waals surface area contributed by atoms with Gasteiger partial charge in [-0.25, -0.2) is 0 Å². The number of benzene rings is 1. The van der Waals surface area contributed by atoms with E-state index in [0.717, 1.165) is 36.6 Å². The van der Waals surface area contributed by atoms with Crippen molar-refractivity contribution in [3.05, 3.63) is 34.9 Å². The van der Waals surface area contributed by atoms with Gasteiger partial charge >= 0.3 is 0 Å². The summed E-state index contributed by atoms with van der Waals surface area (Å²) in [5.41, 5.74) is 3.33. The second-order valence-electron chi connectivity index (χ2n) is 4.90. The first-order chi connectivity index (χ1) is 9.22. The SMILES string of the molecule is CCSCC(C)NC(=O)c1cccc2c1CCNC2. The first kappa shape index (κ1) is 14.4. The average molecular weight is 278 g/mol. The van der Waals surface area contributed by atoms with Gasteiger partial charge in [0.2, 0.25) is 0 Å². The number of amides is 1. The van der Waals surface area contributed by atoms with Crippen LogP contribution >= 0.6 is 11.8 Å². The number of rotatable bonds is 5. The quantitative estimate of drug-likeness (QED) is 0.867. The van der Waals surface area contributed by atoms with Crippen molar-refractivity contribution in [2.75, 3.05) is 18.1 Å². The molecule has 1 heterocycles. The smallest absolute Gasteiger partial charge is 0.251 e. The normalized spacial score (nSPS) is 15.7. The fourth-order valence-electron chi connectivity index (χ4n) is 2.38. The van der Waals surface area contributed by atoms with Crippen molar-refractivity contribution in [1.82, 2.24) is 10.6 Å². The van der Waals surface area contributed by atoms with E-state index in [1.165, 1.54) is 11.1 Å². The lowest BCUT2D eigenvalue weighted by Gasteiger charge is -2.21. The fourth-order valence-corrected chi connectivity index (χ4v) is 3.06. The Hall–Kier alpha value is -1.00. The Bertz CT molecular complexity index is 448. The Labute approximate surface area is 119 Å². The maximum absolute atomic E-state index is 12.3. The van der Waals surface area contributed by atoms with Gasteiger partial charge in [0.25, 0.3) is 5.91 Å². The molecule has 2 N–H and O–H groups in total. The van der Waals surface area contributed by atoms with Crippen LogP contribution in [0.3, 0.4) is 0 Å². The summed E-state index contributed by atoms with van der Waals surface area (Å²) < 4.78 is 0. The summed E-state index contributed by atoms with van der Waals surface area (Å²) in [6.45, 7) is 6.04. The van der Waals surface area contributed by atoms with Crippen LogP contribution in [-0.2, 0) is 13.0 Å². The lowest BCUT2D eigenvalue weighted by molar-refractivity contribution is 0.0942. The van der Waals surface area contributed by atoms with Gasteiger partial charge in [0.15, 0.2) is 0 Å². The van der Waals surface area contributed by atoms with Crippen LogP contribution in [-0.4, -0.2) is 30.0 Å². The number of carbonyl (C=O) groups is 1. The lowest BCUT2D eigenvalue weighted by atomic mass is 9.95. The van der Waals surface area contributed by atoms with Crippen molar-refractivity contribution < 1.29 is 4.79 Å². The van der Waals surface area contributed by atoms with Crippen LogP contribution in [0.4, 0.5) is 0 Å². The monoisotopic (exact) mass is 278 g/mol. The molecular weight excluding hydrogens is 256 g/mol. The third kappa shape index (κ3) is 3.74. The van der Waals surface area contributed by atoms with E-state index in [4.69, 9.17) is 0 Å². The Morgan fingerprint density at radius 2 is 2.37 bits per heavy atom. The molecule has 1 aromatic rings. The molecule has 0 fully saturated rings. The number of fused-ring (bicyclic) bond motifs is 1. The highest BCUT2D eigenvalue weighted by Crippen LogP contribution is 2.18. The molecule has 1 unspecified atom stereocenters. The van der Waals surface area contributed by atoms with Gasteiger partial charge in [-0.15, -0.1) is 0 Å². The molecular formula is C15H22N2OS. The van der Waals surface area contributed by atoms with Gasteiger partial charge in [-0.05, 0) is 42.8 Å². The number of hydrogen-bond donors (Lipinski definition) is 2. The van der Waals surface area contributed by atoms with Crippen LogP contribution in [0.1, 0.15) is 35.3 Å². The molecule has 1 aliphatic rings. The zero-order valence-corrected chi connectivity index (χ0v) is 12.5. The van der Waals surface area contributed by atoms with Crippen LogP contribution in [0.15, 0.2) is 18.2 Å². The summed E-state index contributed by atoms with van der Waals surface area (Å²) in [5.74, 6) is 2.13. The van der Waals surface area contributed by atoms with E-state index in [1.54, 1.807) is 0 Å². The molecule has 1 amide bonds. The summed E-state index contributed by atoms with van der Waals surface area (Å²) in [7, 11) is 0. The molecule has 1 aromatic carbocycles. The highest BCUT2D eigenvalue weighted by molar-refractivity contribution is 7.99. The third-order valence-corrected chi connectivity index (χ3v) is 4.48. The number of thioether (sulfide) groups is 1. The Morgan fingerprint density at radius 1 is 1.53 bits per heavy atom. The van der Waals surface area contributed by atoms with E-state index in [2.05, 4.69) is 30.5 Å². The average Bonchev–Trinajstić information content (AvgIpc) is 2.44. The molecule has 1 atom stereocenters. The topological polar surface area (TPSA) is 41.1 Å². The first-order valence-electron chi connectivity index (χ1n) is 6.92. The minimum Gasteiger partial charge on any atom is -0.349 e. The second-order valence-corrected chi connectivity index (χ2v) is 6.22. The standard InChI is InChI=1S/C15H22N2OS/c1-3-19-10-11(2)17-15(18)14-6-4-5-12-9-16-8-7-13(12)14/h4-6,11,16H,3,7-10H2,1-2H3,(H,17,18). The highest BCUT2D eigenvalue weighted by Gasteiger charge is 2.18. The predicted octanol–water partition coefficient (Wildman–Crippen LogP) is 2.20. The number of hydrogen-bond acceptors (Lipinski definition) is 3. The highest BCUT2D eigenvalue weighted by atomic mass is 32.2. The van der Waals surface area contributed by atoms with Crippen LogP contribution in [0.5, 0.6) is 0 Å². The number of nitrogens with one attached hydrogen (secondary N) is 2. The van der Waals surface area contributed by atoms with Crippen molar-refractivity contribution >= 4 is 17.7 Å². The molecule has 1 aliphatic heterocycles. The summed E-state index contributed by atoms with van der Waals surface area (Å²) in [4.78, 5) is 12.3. The van der Waals surface area contributed by atoms with E-state index >= 15 is 0 Å². The molecule has 0 saturated carbocycles. The minimum absolute atomic E-state index is 0.0722.